The van der Waals surface area contributed by atoms with E-state index < -0.39 is 22.3 Å². The maximum Gasteiger partial charge on any atom is 0.273 e. The van der Waals surface area contributed by atoms with Crippen molar-refractivity contribution in [2.24, 2.45) is 11.7 Å². The molecule has 21 heavy (non-hydrogen) atoms. The highest BCUT2D eigenvalue weighted by Crippen LogP contribution is 2.25. The molecule has 2 unspecified atom stereocenters. The van der Waals surface area contributed by atoms with Crippen molar-refractivity contribution in [2.75, 3.05) is 6.54 Å². The molecule has 1 aliphatic carbocycles. The third-order valence-corrected chi connectivity index (χ3v) is 3.63. The number of benzene rings is 1. The zero-order chi connectivity index (χ0) is 14.7. The Morgan fingerprint density at radius 2 is 2.14 bits per heavy atom. The van der Waals surface area contributed by atoms with Crippen LogP contribution in [0.3, 0.4) is 0 Å². The lowest BCUT2D eigenvalue weighted by atomic mass is 10.0. The number of carbonyl (C=O) groups is 1. The van der Waals surface area contributed by atoms with Crippen LogP contribution in [0.5, 0.6) is 0 Å². The quantitative estimate of drug-likeness (QED) is 0.655. The van der Waals surface area contributed by atoms with E-state index in [1.54, 1.807) is 0 Å². The lowest BCUT2D eigenvalue weighted by Crippen LogP contribution is -2.39. The summed E-state index contributed by atoms with van der Waals surface area (Å²) in [4.78, 5) is 22.0. The average Bonchev–Trinajstić information content (AvgIpc) is 2.85. The minimum absolute atomic E-state index is 0. The zero-order valence-electron chi connectivity index (χ0n) is 11.3. The van der Waals surface area contributed by atoms with E-state index in [1.807, 2.05) is 0 Å². The van der Waals surface area contributed by atoms with Crippen molar-refractivity contribution in [3.8, 4) is 0 Å². The monoisotopic (exact) mass is 317 g/mol. The van der Waals surface area contributed by atoms with Crippen LogP contribution >= 0.6 is 12.4 Å². The molecular formula is C13H17ClFN3O3. The Hall–Kier alpha value is -1.73. The molecule has 0 saturated heterocycles. The van der Waals surface area contributed by atoms with Crippen molar-refractivity contribution in [1.82, 2.24) is 5.32 Å². The topological polar surface area (TPSA) is 98.3 Å². The van der Waals surface area contributed by atoms with E-state index in [9.17, 15) is 19.3 Å². The number of carbonyl (C=O) groups excluding carboxylic acids is 1. The average molecular weight is 318 g/mol. The second-order valence-electron chi connectivity index (χ2n) is 4.96. The van der Waals surface area contributed by atoms with Gasteiger partial charge in [0, 0.05) is 17.7 Å². The van der Waals surface area contributed by atoms with Crippen LogP contribution in [0.2, 0.25) is 0 Å². The Bertz CT molecular complexity index is 541. The lowest BCUT2D eigenvalue weighted by Gasteiger charge is -2.19. The van der Waals surface area contributed by atoms with Gasteiger partial charge in [-0.2, -0.15) is 0 Å². The van der Waals surface area contributed by atoms with Gasteiger partial charge in [-0.25, -0.2) is 4.39 Å². The minimum Gasteiger partial charge on any atom is -0.349 e. The van der Waals surface area contributed by atoms with Gasteiger partial charge >= 0.3 is 0 Å². The Morgan fingerprint density at radius 1 is 1.43 bits per heavy atom. The number of amides is 1. The molecule has 1 aromatic carbocycles. The number of non-ortho nitro benzene ring substituents is 1. The summed E-state index contributed by atoms with van der Waals surface area (Å²) in [5.41, 5.74) is 5.15. The summed E-state index contributed by atoms with van der Waals surface area (Å²) in [6, 6.07) is 2.81. The number of nitrogens with one attached hydrogen (secondary N) is 1. The van der Waals surface area contributed by atoms with Gasteiger partial charge in [0.25, 0.3) is 11.6 Å². The highest BCUT2D eigenvalue weighted by molar-refractivity contribution is 5.95. The first-order valence-electron chi connectivity index (χ1n) is 6.47. The maximum atomic E-state index is 13.3. The molecule has 116 valence electrons. The van der Waals surface area contributed by atoms with Crippen molar-refractivity contribution in [3.05, 3.63) is 39.7 Å². The third-order valence-electron chi connectivity index (χ3n) is 3.63. The highest BCUT2D eigenvalue weighted by Gasteiger charge is 2.28. The molecule has 1 aliphatic rings. The molecule has 8 heteroatoms. The predicted octanol–water partition coefficient (Wildman–Crippen LogP) is 2.01. The molecule has 2 atom stereocenters. The second-order valence-corrected chi connectivity index (χ2v) is 4.96. The van der Waals surface area contributed by atoms with Crippen molar-refractivity contribution < 1.29 is 14.1 Å². The van der Waals surface area contributed by atoms with E-state index in [0.717, 1.165) is 37.5 Å². The molecule has 0 aromatic heterocycles. The summed E-state index contributed by atoms with van der Waals surface area (Å²) < 4.78 is 13.3. The van der Waals surface area contributed by atoms with Gasteiger partial charge in [-0.15, -0.1) is 12.4 Å². The number of rotatable bonds is 4. The summed E-state index contributed by atoms with van der Waals surface area (Å²) in [5.74, 6) is -1.09. The van der Waals surface area contributed by atoms with Gasteiger partial charge in [-0.3, -0.25) is 14.9 Å². The van der Waals surface area contributed by atoms with E-state index >= 15 is 0 Å². The number of hydrogen-bond donors (Lipinski definition) is 2. The van der Waals surface area contributed by atoms with Crippen LogP contribution < -0.4 is 11.1 Å². The number of nitro groups is 1. The normalized spacial score (nSPS) is 20.7. The number of nitro benzene ring substituents is 1. The predicted molar refractivity (Wildman–Crippen MR) is 78.0 cm³/mol. The third kappa shape index (κ3) is 4.12. The summed E-state index contributed by atoms with van der Waals surface area (Å²) in [6.45, 7) is 0.480. The first kappa shape index (κ1) is 17.3. The van der Waals surface area contributed by atoms with Crippen LogP contribution in [0.25, 0.3) is 0 Å². The van der Waals surface area contributed by atoms with Gasteiger partial charge in [0.15, 0.2) is 0 Å². The summed E-state index contributed by atoms with van der Waals surface area (Å²) >= 11 is 0. The van der Waals surface area contributed by atoms with E-state index in [4.69, 9.17) is 5.73 Å². The molecule has 1 amide bonds. The standard InChI is InChI=1S/C13H16FN3O3.ClH/c14-10-4-9(5-11(6-10)17(19)20)13(18)16-12-3-1-2-8(12)7-15;/h4-6,8,12H,1-3,7,15H2,(H,16,18);1H. The molecular weight excluding hydrogens is 301 g/mol. The maximum absolute atomic E-state index is 13.3. The van der Waals surface area contributed by atoms with Crippen LogP contribution in [-0.4, -0.2) is 23.4 Å². The molecule has 0 radical (unpaired) electrons. The Kier molecular flexibility index (Phi) is 6.04. The first-order chi connectivity index (χ1) is 9.51. The van der Waals surface area contributed by atoms with Crippen LogP contribution in [0, 0.1) is 21.8 Å². The molecule has 1 saturated carbocycles. The Morgan fingerprint density at radius 3 is 2.76 bits per heavy atom. The summed E-state index contributed by atoms with van der Waals surface area (Å²) in [6.07, 6.45) is 2.76. The molecule has 2 rings (SSSR count). The van der Waals surface area contributed by atoms with Crippen molar-refractivity contribution in [2.45, 2.75) is 25.3 Å². The molecule has 0 heterocycles. The summed E-state index contributed by atoms with van der Waals surface area (Å²) in [5, 5.41) is 13.4. The fourth-order valence-corrected chi connectivity index (χ4v) is 2.57. The van der Waals surface area contributed by atoms with E-state index in [2.05, 4.69) is 5.32 Å². The Labute approximate surface area is 127 Å². The molecule has 1 aromatic rings. The fourth-order valence-electron chi connectivity index (χ4n) is 2.57. The van der Waals surface area contributed by atoms with Crippen molar-refractivity contribution in [3.63, 3.8) is 0 Å². The fraction of sp³-hybridized carbons (Fsp3) is 0.462. The number of nitrogens with two attached hydrogens (primary N) is 1. The summed E-state index contributed by atoms with van der Waals surface area (Å²) in [7, 11) is 0. The Balaban J connectivity index is 0.00000220. The SMILES string of the molecule is Cl.NCC1CCCC1NC(=O)c1cc(F)cc([N+](=O)[O-])c1. The van der Waals surface area contributed by atoms with Crippen LogP contribution in [0.15, 0.2) is 18.2 Å². The van der Waals surface area contributed by atoms with Gasteiger partial charge in [0.05, 0.1) is 11.0 Å². The smallest absolute Gasteiger partial charge is 0.273 e. The number of hydrogen-bond acceptors (Lipinski definition) is 4. The highest BCUT2D eigenvalue weighted by atomic mass is 35.5. The van der Waals surface area contributed by atoms with Gasteiger partial charge in [0.1, 0.15) is 5.82 Å². The molecule has 0 bridgehead atoms. The van der Waals surface area contributed by atoms with E-state index in [-0.39, 0.29) is 29.9 Å². The van der Waals surface area contributed by atoms with Gasteiger partial charge in [-0.1, -0.05) is 6.42 Å². The van der Waals surface area contributed by atoms with E-state index in [1.165, 1.54) is 0 Å². The minimum atomic E-state index is -0.800. The van der Waals surface area contributed by atoms with Gasteiger partial charge in [-0.05, 0) is 31.4 Å². The van der Waals surface area contributed by atoms with E-state index in [0.29, 0.717) is 6.54 Å². The van der Waals surface area contributed by atoms with Gasteiger partial charge < -0.3 is 11.1 Å². The molecule has 3 N–H and O–H groups in total. The number of nitrogens with zero attached hydrogens (tertiary/aromatic N) is 1. The van der Waals surface area contributed by atoms with Crippen LogP contribution in [0.4, 0.5) is 10.1 Å². The molecule has 1 fully saturated rings. The second kappa shape index (κ2) is 7.33. The first-order valence-corrected chi connectivity index (χ1v) is 6.47. The molecule has 6 nitrogen and oxygen atoms in total. The molecule has 0 aliphatic heterocycles. The molecule has 0 spiro atoms. The van der Waals surface area contributed by atoms with Gasteiger partial charge in [0.2, 0.25) is 0 Å². The van der Waals surface area contributed by atoms with Crippen LogP contribution in [-0.2, 0) is 0 Å². The lowest BCUT2D eigenvalue weighted by molar-refractivity contribution is -0.385. The van der Waals surface area contributed by atoms with Crippen molar-refractivity contribution in [1.29, 1.82) is 0 Å². The largest absolute Gasteiger partial charge is 0.349 e. The van der Waals surface area contributed by atoms with Crippen molar-refractivity contribution >= 4 is 24.0 Å². The zero-order valence-corrected chi connectivity index (χ0v) is 12.1. The van der Waals surface area contributed by atoms with Crippen LogP contribution in [0.1, 0.15) is 29.6 Å². The number of halogens is 2.